The van der Waals surface area contributed by atoms with Crippen molar-refractivity contribution in [3.05, 3.63) is 32.6 Å². The zero-order chi connectivity index (χ0) is 11.4. The summed E-state index contributed by atoms with van der Waals surface area (Å²) in [4.78, 5) is 37.3. The molecule has 0 saturated carbocycles. The predicted molar refractivity (Wildman–Crippen MR) is 51.7 cm³/mol. The molecule has 0 bridgehead atoms. The highest BCUT2D eigenvalue weighted by molar-refractivity contribution is 5.93. The summed E-state index contributed by atoms with van der Waals surface area (Å²) in [6.45, 7) is 1.35. The summed E-state index contributed by atoms with van der Waals surface area (Å²) in [5.74, 6) is -0.644. The van der Waals surface area contributed by atoms with Crippen LogP contribution in [0.3, 0.4) is 0 Å². The molecule has 0 unspecified atom stereocenters. The third kappa shape index (κ3) is 2.78. The zero-order valence-corrected chi connectivity index (χ0v) is 8.03. The number of amides is 1. The molecule has 1 atom stereocenters. The lowest BCUT2D eigenvalue weighted by Gasteiger charge is -2.09. The first-order valence-corrected chi connectivity index (χ1v) is 4.28. The van der Waals surface area contributed by atoms with Crippen LogP contribution < -0.4 is 16.6 Å². The molecule has 0 aliphatic heterocycles. The van der Waals surface area contributed by atoms with Crippen LogP contribution in [0, 0.1) is 0 Å². The molecule has 1 rings (SSSR count). The number of hydrogen-bond donors (Lipinski definition) is 4. The fourth-order valence-corrected chi connectivity index (χ4v) is 0.926. The predicted octanol–water partition coefficient (Wildman–Crippen LogP) is -1.83. The fraction of sp³-hybridized carbons (Fsp3) is 0.375. The van der Waals surface area contributed by atoms with Crippen molar-refractivity contribution in [2.75, 3.05) is 6.61 Å². The number of H-pyrrole nitrogens is 2. The van der Waals surface area contributed by atoms with Gasteiger partial charge in [-0.2, -0.15) is 0 Å². The number of aromatic amines is 2. The van der Waals surface area contributed by atoms with Crippen LogP contribution in [0.25, 0.3) is 0 Å². The summed E-state index contributed by atoms with van der Waals surface area (Å²) in [7, 11) is 0. The Morgan fingerprint density at radius 2 is 2.27 bits per heavy atom. The summed E-state index contributed by atoms with van der Waals surface area (Å²) >= 11 is 0. The minimum Gasteiger partial charge on any atom is -0.394 e. The van der Waals surface area contributed by atoms with Crippen molar-refractivity contribution in [2.24, 2.45) is 0 Å². The van der Waals surface area contributed by atoms with E-state index in [4.69, 9.17) is 5.11 Å². The van der Waals surface area contributed by atoms with Crippen LogP contribution in [0.4, 0.5) is 0 Å². The molecule has 0 aliphatic rings. The molecule has 0 aliphatic carbocycles. The van der Waals surface area contributed by atoms with E-state index in [0.29, 0.717) is 0 Å². The van der Waals surface area contributed by atoms with Crippen molar-refractivity contribution in [2.45, 2.75) is 13.0 Å². The molecule has 0 aromatic carbocycles. The molecule has 0 radical (unpaired) electrons. The third-order valence-corrected chi connectivity index (χ3v) is 1.72. The molecule has 1 aromatic rings. The van der Waals surface area contributed by atoms with Gasteiger partial charge in [0.05, 0.1) is 6.61 Å². The highest BCUT2D eigenvalue weighted by Crippen LogP contribution is 1.87. The number of carbonyl (C=O) groups excluding carboxylic acids is 1. The van der Waals surface area contributed by atoms with Crippen LogP contribution >= 0.6 is 0 Å². The maximum absolute atomic E-state index is 11.4. The molecule has 0 saturated heterocycles. The van der Waals surface area contributed by atoms with E-state index in [9.17, 15) is 14.4 Å². The first-order valence-electron chi connectivity index (χ1n) is 4.28. The quantitative estimate of drug-likeness (QED) is 0.473. The highest BCUT2D eigenvalue weighted by Gasteiger charge is 2.12. The number of aromatic nitrogens is 2. The Morgan fingerprint density at radius 3 is 2.80 bits per heavy atom. The second-order valence-electron chi connectivity index (χ2n) is 3.04. The van der Waals surface area contributed by atoms with Gasteiger partial charge in [0.2, 0.25) is 0 Å². The summed E-state index contributed by atoms with van der Waals surface area (Å²) in [6.07, 6.45) is 1.03. The van der Waals surface area contributed by atoms with E-state index < -0.39 is 23.2 Å². The summed E-state index contributed by atoms with van der Waals surface area (Å²) in [5, 5.41) is 11.1. The van der Waals surface area contributed by atoms with E-state index in [0.717, 1.165) is 6.20 Å². The van der Waals surface area contributed by atoms with Crippen LogP contribution in [0.15, 0.2) is 15.8 Å². The van der Waals surface area contributed by atoms with Gasteiger partial charge in [-0.1, -0.05) is 0 Å². The smallest absolute Gasteiger partial charge is 0.325 e. The minimum absolute atomic E-state index is 0.199. The maximum atomic E-state index is 11.4. The molecule has 0 spiro atoms. The van der Waals surface area contributed by atoms with Crippen molar-refractivity contribution in [3.8, 4) is 0 Å². The first-order chi connectivity index (χ1) is 7.04. The van der Waals surface area contributed by atoms with Crippen molar-refractivity contribution in [1.82, 2.24) is 15.3 Å². The molecule has 1 aromatic heterocycles. The molecular formula is C8H11N3O4. The van der Waals surface area contributed by atoms with Crippen LogP contribution in [-0.4, -0.2) is 33.6 Å². The molecule has 0 fully saturated rings. The highest BCUT2D eigenvalue weighted by atomic mass is 16.3. The Hall–Kier alpha value is -1.89. The minimum atomic E-state index is -0.763. The Kier molecular flexibility index (Phi) is 3.40. The second kappa shape index (κ2) is 4.56. The third-order valence-electron chi connectivity index (χ3n) is 1.72. The molecule has 4 N–H and O–H groups in total. The van der Waals surface area contributed by atoms with Gasteiger partial charge in [-0.25, -0.2) is 4.79 Å². The van der Waals surface area contributed by atoms with Gasteiger partial charge in [0.1, 0.15) is 5.56 Å². The lowest BCUT2D eigenvalue weighted by molar-refractivity contribution is 0.0920. The largest absolute Gasteiger partial charge is 0.394 e. The van der Waals surface area contributed by atoms with Crippen molar-refractivity contribution < 1.29 is 9.90 Å². The van der Waals surface area contributed by atoms with Gasteiger partial charge in [-0.05, 0) is 6.92 Å². The van der Waals surface area contributed by atoms with Gasteiger partial charge < -0.3 is 15.4 Å². The maximum Gasteiger partial charge on any atom is 0.325 e. The van der Waals surface area contributed by atoms with Crippen molar-refractivity contribution in [3.63, 3.8) is 0 Å². The molecule has 1 amide bonds. The zero-order valence-electron chi connectivity index (χ0n) is 8.03. The summed E-state index contributed by atoms with van der Waals surface area (Å²) in [5.41, 5.74) is -1.64. The molecule has 7 heteroatoms. The van der Waals surface area contributed by atoms with Gasteiger partial charge in [-0.15, -0.1) is 0 Å². The molecule has 15 heavy (non-hydrogen) atoms. The van der Waals surface area contributed by atoms with Gasteiger partial charge >= 0.3 is 5.69 Å². The second-order valence-corrected chi connectivity index (χ2v) is 3.04. The van der Waals surface area contributed by atoms with Gasteiger partial charge in [0.15, 0.2) is 0 Å². The number of rotatable bonds is 3. The summed E-state index contributed by atoms with van der Waals surface area (Å²) < 4.78 is 0. The molecule has 7 nitrogen and oxygen atoms in total. The number of nitrogens with one attached hydrogen (secondary N) is 3. The Morgan fingerprint density at radius 1 is 1.60 bits per heavy atom. The SMILES string of the molecule is C[C@H](CO)NC(=O)c1c[nH]c(=O)[nH]c1=O. The van der Waals surface area contributed by atoms with E-state index in [2.05, 4.69) is 10.3 Å². The van der Waals surface area contributed by atoms with E-state index in [1.807, 2.05) is 4.98 Å². The standard InChI is InChI=1S/C8H11N3O4/c1-4(3-12)10-6(13)5-2-9-8(15)11-7(5)14/h2,4,12H,3H2,1H3,(H,10,13)(H2,9,11,14,15)/t4-/m1/s1. The molecular weight excluding hydrogens is 202 g/mol. The summed E-state index contributed by atoms with van der Waals surface area (Å²) in [6, 6.07) is -0.455. The molecule has 1 heterocycles. The first kappa shape index (κ1) is 11.2. The Bertz CT molecular complexity index is 461. The molecule has 82 valence electrons. The van der Waals surface area contributed by atoms with Gasteiger partial charge in [0, 0.05) is 12.2 Å². The van der Waals surface area contributed by atoms with Crippen molar-refractivity contribution >= 4 is 5.91 Å². The van der Waals surface area contributed by atoms with Gasteiger partial charge in [-0.3, -0.25) is 14.6 Å². The van der Waals surface area contributed by atoms with Crippen LogP contribution in [0.1, 0.15) is 17.3 Å². The average molecular weight is 213 g/mol. The van der Waals surface area contributed by atoms with Crippen LogP contribution in [0.2, 0.25) is 0 Å². The van der Waals surface area contributed by atoms with Gasteiger partial charge in [0.25, 0.3) is 11.5 Å². The monoisotopic (exact) mass is 213 g/mol. The average Bonchev–Trinajstić information content (AvgIpc) is 2.17. The van der Waals surface area contributed by atoms with Crippen LogP contribution in [-0.2, 0) is 0 Å². The topological polar surface area (TPSA) is 115 Å². The van der Waals surface area contributed by atoms with Crippen molar-refractivity contribution in [1.29, 1.82) is 0 Å². The Balaban J connectivity index is 2.92. The van der Waals surface area contributed by atoms with E-state index in [1.165, 1.54) is 0 Å². The van der Waals surface area contributed by atoms with Crippen LogP contribution in [0.5, 0.6) is 0 Å². The Labute approximate surface area is 84.2 Å². The lowest BCUT2D eigenvalue weighted by Crippen LogP contribution is -2.39. The number of aliphatic hydroxyl groups excluding tert-OH is 1. The van der Waals surface area contributed by atoms with E-state index >= 15 is 0 Å². The number of carbonyl (C=O) groups is 1. The van der Waals surface area contributed by atoms with E-state index in [-0.39, 0.29) is 12.2 Å². The number of aliphatic hydroxyl groups is 1. The number of hydrogen-bond acceptors (Lipinski definition) is 4. The fourth-order valence-electron chi connectivity index (χ4n) is 0.926. The lowest BCUT2D eigenvalue weighted by atomic mass is 10.3. The normalized spacial score (nSPS) is 12.1. The van der Waals surface area contributed by atoms with E-state index in [1.54, 1.807) is 6.92 Å².